The molecule has 1 amide bonds. The number of aliphatic hydroxyl groups is 1. The molecule has 4 heteroatoms. The summed E-state index contributed by atoms with van der Waals surface area (Å²) in [6, 6.07) is -0.164. The lowest BCUT2D eigenvalue weighted by atomic mass is 10.1. The van der Waals surface area contributed by atoms with Crippen molar-refractivity contribution in [2.24, 2.45) is 0 Å². The van der Waals surface area contributed by atoms with Crippen LogP contribution in [0.4, 0.5) is 0 Å². The van der Waals surface area contributed by atoms with Crippen LogP contribution in [0, 0.1) is 0 Å². The van der Waals surface area contributed by atoms with E-state index >= 15 is 0 Å². The zero-order valence-electron chi connectivity index (χ0n) is 16.4. The fourth-order valence-corrected chi connectivity index (χ4v) is 2.67. The molecule has 4 nitrogen and oxygen atoms in total. The van der Waals surface area contributed by atoms with Gasteiger partial charge in [0, 0.05) is 18.9 Å². The normalized spacial score (nSPS) is 12.4. The number of amides is 1. The van der Waals surface area contributed by atoms with Gasteiger partial charge in [-0.15, -0.1) is 0 Å². The van der Waals surface area contributed by atoms with E-state index in [1.165, 1.54) is 32.1 Å². The molecule has 0 aromatic rings. The molecule has 146 valence electrons. The molecular formula is C21H39NO3. The Bertz CT molecular complexity index is 366. The second kappa shape index (κ2) is 17.7. The van der Waals surface area contributed by atoms with Gasteiger partial charge in [-0.2, -0.15) is 0 Å². The highest BCUT2D eigenvalue weighted by molar-refractivity contribution is 5.89. The lowest BCUT2D eigenvalue weighted by Gasteiger charge is -2.10. The van der Waals surface area contributed by atoms with Crippen LogP contribution in [0.2, 0.25) is 0 Å². The minimum absolute atomic E-state index is 0.0107. The van der Waals surface area contributed by atoms with Gasteiger partial charge in [0.1, 0.15) is 0 Å². The highest BCUT2D eigenvalue weighted by Crippen LogP contribution is 2.09. The van der Waals surface area contributed by atoms with Crippen molar-refractivity contribution < 1.29 is 14.7 Å². The van der Waals surface area contributed by atoms with Crippen LogP contribution in [-0.2, 0) is 9.59 Å². The minimum Gasteiger partial charge on any atom is -0.394 e. The van der Waals surface area contributed by atoms with E-state index in [4.69, 9.17) is 5.11 Å². The summed E-state index contributed by atoms with van der Waals surface area (Å²) in [5.74, 6) is 0.252. The van der Waals surface area contributed by atoms with Gasteiger partial charge in [0.2, 0.25) is 5.91 Å². The molecule has 0 saturated carbocycles. The maximum absolute atomic E-state index is 11.7. The van der Waals surface area contributed by atoms with E-state index in [-0.39, 0.29) is 24.3 Å². The van der Waals surface area contributed by atoms with Crippen LogP contribution in [0.5, 0.6) is 0 Å². The topological polar surface area (TPSA) is 66.4 Å². The first-order valence-electron chi connectivity index (χ1n) is 10.2. The zero-order chi connectivity index (χ0) is 18.8. The molecular weight excluding hydrogens is 314 g/mol. The Balaban J connectivity index is 3.41. The summed E-state index contributed by atoms with van der Waals surface area (Å²) in [5, 5.41) is 11.6. The van der Waals surface area contributed by atoms with E-state index in [0.717, 1.165) is 38.5 Å². The van der Waals surface area contributed by atoms with Crippen molar-refractivity contribution in [3.05, 3.63) is 12.2 Å². The lowest BCUT2D eigenvalue weighted by molar-refractivity contribution is -0.122. The average Bonchev–Trinajstić information content (AvgIpc) is 2.59. The van der Waals surface area contributed by atoms with Crippen LogP contribution in [0.15, 0.2) is 12.2 Å². The number of hydrogen-bond donors (Lipinski definition) is 2. The Morgan fingerprint density at radius 1 is 0.920 bits per heavy atom. The average molecular weight is 354 g/mol. The summed E-state index contributed by atoms with van der Waals surface area (Å²) >= 11 is 0. The molecule has 0 bridgehead atoms. The van der Waals surface area contributed by atoms with Crippen molar-refractivity contribution >= 4 is 11.7 Å². The maximum Gasteiger partial charge on any atom is 0.220 e. The number of hydrogen-bond acceptors (Lipinski definition) is 3. The third kappa shape index (κ3) is 17.5. The first kappa shape index (κ1) is 23.8. The van der Waals surface area contributed by atoms with Crippen LogP contribution in [0.3, 0.4) is 0 Å². The number of carbonyl (C=O) groups is 2. The summed E-state index contributed by atoms with van der Waals surface area (Å²) in [7, 11) is 0. The third-order valence-electron chi connectivity index (χ3n) is 4.29. The summed E-state index contributed by atoms with van der Waals surface area (Å²) in [6.07, 6.45) is 17.2. The van der Waals surface area contributed by atoms with Gasteiger partial charge in [-0.05, 0) is 38.7 Å². The summed E-state index contributed by atoms with van der Waals surface area (Å²) in [4.78, 5) is 23.2. The molecule has 0 spiro atoms. The molecule has 0 fully saturated rings. The largest absolute Gasteiger partial charge is 0.394 e. The summed E-state index contributed by atoms with van der Waals surface area (Å²) in [6.45, 7) is 3.98. The number of ketones is 1. The Kier molecular flexibility index (Phi) is 16.8. The Morgan fingerprint density at radius 3 is 2.20 bits per heavy atom. The second-order valence-electron chi connectivity index (χ2n) is 6.99. The van der Waals surface area contributed by atoms with E-state index < -0.39 is 0 Å². The van der Waals surface area contributed by atoms with Crippen molar-refractivity contribution in [3.8, 4) is 0 Å². The molecule has 0 saturated heterocycles. The second-order valence-corrected chi connectivity index (χ2v) is 6.99. The number of unbranched alkanes of at least 4 members (excludes halogenated alkanes) is 9. The van der Waals surface area contributed by atoms with E-state index in [0.29, 0.717) is 12.8 Å². The highest BCUT2D eigenvalue weighted by atomic mass is 16.3. The van der Waals surface area contributed by atoms with Crippen molar-refractivity contribution in [3.63, 3.8) is 0 Å². The number of carbonyl (C=O) groups excluding carboxylic acids is 2. The van der Waals surface area contributed by atoms with Gasteiger partial charge >= 0.3 is 0 Å². The van der Waals surface area contributed by atoms with Crippen molar-refractivity contribution in [1.29, 1.82) is 0 Å². The molecule has 0 unspecified atom stereocenters. The SMILES string of the molecule is CCCCCCC/C=C/C(=O)CCCCCCCC(=O)N[C@H](C)CO. The number of rotatable bonds is 17. The fraction of sp³-hybridized carbons (Fsp3) is 0.810. The van der Waals surface area contributed by atoms with Gasteiger partial charge in [-0.3, -0.25) is 9.59 Å². The molecule has 0 aromatic carbocycles. The smallest absolute Gasteiger partial charge is 0.220 e. The van der Waals surface area contributed by atoms with E-state index in [1.807, 2.05) is 6.08 Å². The summed E-state index contributed by atoms with van der Waals surface area (Å²) < 4.78 is 0. The molecule has 2 N–H and O–H groups in total. The van der Waals surface area contributed by atoms with Gasteiger partial charge in [0.05, 0.1) is 6.61 Å². The van der Waals surface area contributed by atoms with Crippen LogP contribution in [-0.4, -0.2) is 29.4 Å². The van der Waals surface area contributed by atoms with Crippen LogP contribution < -0.4 is 5.32 Å². The lowest BCUT2D eigenvalue weighted by Crippen LogP contribution is -2.34. The van der Waals surface area contributed by atoms with Crippen LogP contribution in [0.1, 0.15) is 97.3 Å². The Morgan fingerprint density at radius 2 is 1.52 bits per heavy atom. The third-order valence-corrected chi connectivity index (χ3v) is 4.29. The first-order valence-corrected chi connectivity index (χ1v) is 10.2. The van der Waals surface area contributed by atoms with Gasteiger partial charge < -0.3 is 10.4 Å². The predicted octanol–water partition coefficient (Wildman–Crippen LogP) is 4.70. The number of allylic oxidation sites excluding steroid dienone is 2. The van der Waals surface area contributed by atoms with Gasteiger partial charge in [-0.1, -0.05) is 57.9 Å². The van der Waals surface area contributed by atoms with E-state index in [1.54, 1.807) is 13.0 Å². The molecule has 0 radical (unpaired) electrons. The van der Waals surface area contributed by atoms with Crippen molar-refractivity contribution in [2.45, 2.75) is 103 Å². The summed E-state index contributed by atoms with van der Waals surface area (Å²) in [5.41, 5.74) is 0. The molecule has 0 aromatic heterocycles. The van der Waals surface area contributed by atoms with Crippen molar-refractivity contribution in [2.75, 3.05) is 6.61 Å². The zero-order valence-corrected chi connectivity index (χ0v) is 16.4. The molecule has 0 aliphatic carbocycles. The first-order chi connectivity index (χ1) is 12.1. The van der Waals surface area contributed by atoms with Gasteiger partial charge in [-0.25, -0.2) is 0 Å². The van der Waals surface area contributed by atoms with Gasteiger partial charge in [0.25, 0.3) is 0 Å². The predicted molar refractivity (Wildman–Crippen MR) is 105 cm³/mol. The molecule has 1 atom stereocenters. The minimum atomic E-state index is -0.164. The van der Waals surface area contributed by atoms with E-state index in [2.05, 4.69) is 12.2 Å². The Hall–Kier alpha value is -1.16. The van der Waals surface area contributed by atoms with E-state index in [9.17, 15) is 9.59 Å². The van der Waals surface area contributed by atoms with Crippen LogP contribution >= 0.6 is 0 Å². The molecule has 0 heterocycles. The van der Waals surface area contributed by atoms with Crippen LogP contribution in [0.25, 0.3) is 0 Å². The molecule has 0 aliphatic rings. The number of aliphatic hydroxyl groups excluding tert-OH is 1. The monoisotopic (exact) mass is 353 g/mol. The molecule has 25 heavy (non-hydrogen) atoms. The van der Waals surface area contributed by atoms with Gasteiger partial charge in [0.15, 0.2) is 5.78 Å². The fourth-order valence-electron chi connectivity index (χ4n) is 2.67. The van der Waals surface area contributed by atoms with Crippen molar-refractivity contribution in [1.82, 2.24) is 5.32 Å². The molecule has 0 aliphatic heterocycles. The maximum atomic E-state index is 11.7. The Labute approximate surface area is 154 Å². The number of nitrogens with one attached hydrogen (secondary N) is 1. The standard InChI is InChI=1S/C21H39NO3/c1-3-4-5-6-7-9-12-15-20(24)16-13-10-8-11-14-17-21(25)22-19(2)18-23/h12,15,19,23H,3-11,13-14,16-18H2,1-2H3,(H,22,25)/b15-12+/t19-/m1/s1. The highest BCUT2D eigenvalue weighted by Gasteiger charge is 2.05. The quantitative estimate of drug-likeness (QED) is 0.294. The molecule has 0 rings (SSSR count).